The van der Waals surface area contributed by atoms with E-state index in [-0.39, 0.29) is 11.5 Å². The molecule has 0 unspecified atom stereocenters. The normalized spacial score (nSPS) is 10.3. The van der Waals surface area contributed by atoms with E-state index >= 15 is 0 Å². The topological polar surface area (TPSA) is 66.4 Å². The molecule has 2 aromatic rings. The van der Waals surface area contributed by atoms with Gasteiger partial charge in [0.25, 0.3) is 0 Å². The largest absolute Gasteiger partial charge is 0.478 e. The fourth-order valence-corrected chi connectivity index (χ4v) is 3.14. The van der Waals surface area contributed by atoms with E-state index in [1.54, 1.807) is 29.5 Å². The molecule has 0 aliphatic rings. The van der Waals surface area contributed by atoms with Crippen LogP contribution in [0.15, 0.2) is 35.7 Å². The molecule has 6 heteroatoms. The summed E-state index contributed by atoms with van der Waals surface area (Å²) >= 11 is 3.72. The third-order valence-electron chi connectivity index (χ3n) is 2.89. The van der Waals surface area contributed by atoms with Gasteiger partial charge in [-0.05, 0) is 65.1 Å². The van der Waals surface area contributed by atoms with Crippen molar-refractivity contribution in [2.75, 3.05) is 5.32 Å². The smallest absolute Gasteiger partial charge is 0.337 e. The highest BCUT2D eigenvalue weighted by atomic mass is 127. The van der Waals surface area contributed by atoms with Gasteiger partial charge in [0.2, 0.25) is 5.91 Å². The van der Waals surface area contributed by atoms with Crippen LogP contribution in [0.4, 0.5) is 5.69 Å². The number of aryl methyl sites for hydroxylation is 1. The molecule has 0 aliphatic carbocycles. The first kappa shape index (κ1) is 16.0. The standard InChI is InChI=1S/C15H14INO3S/c16-10-6-7-13(12(9-10)15(19)20)17-14(18)5-1-3-11-4-2-8-21-11/h2,4,6-9H,1,3,5H2,(H,17,18)(H,19,20). The van der Waals surface area contributed by atoms with Gasteiger partial charge in [-0.3, -0.25) is 4.79 Å². The Morgan fingerprint density at radius 3 is 2.76 bits per heavy atom. The number of carbonyl (C=O) groups excluding carboxylic acids is 1. The van der Waals surface area contributed by atoms with Crippen molar-refractivity contribution in [3.8, 4) is 0 Å². The Kier molecular flexibility index (Phi) is 5.75. The van der Waals surface area contributed by atoms with Crippen molar-refractivity contribution in [2.45, 2.75) is 19.3 Å². The lowest BCUT2D eigenvalue weighted by atomic mass is 10.1. The van der Waals surface area contributed by atoms with Gasteiger partial charge in [-0.1, -0.05) is 6.07 Å². The number of carbonyl (C=O) groups is 2. The van der Waals surface area contributed by atoms with Crippen molar-refractivity contribution in [3.63, 3.8) is 0 Å². The fraction of sp³-hybridized carbons (Fsp3) is 0.200. The Labute approximate surface area is 140 Å². The van der Waals surface area contributed by atoms with E-state index in [1.165, 1.54) is 4.88 Å². The van der Waals surface area contributed by atoms with Gasteiger partial charge in [0.1, 0.15) is 0 Å². The Morgan fingerprint density at radius 2 is 2.10 bits per heavy atom. The van der Waals surface area contributed by atoms with Gasteiger partial charge >= 0.3 is 5.97 Å². The lowest BCUT2D eigenvalue weighted by Crippen LogP contribution is -2.14. The van der Waals surface area contributed by atoms with Gasteiger partial charge in [0.15, 0.2) is 0 Å². The van der Waals surface area contributed by atoms with E-state index in [9.17, 15) is 9.59 Å². The van der Waals surface area contributed by atoms with E-state index in [4.69, 9.17) is 5.11 Å². The van der Waals surface area contributed by atoms with Gasteiger partial charge in [0.05, 0.1) is 11.3 Å². The number of hydrogen-bond acceptors (Lipinski definition) is 3. The Balaban J connectivity index is 1.92. The molecule has 21 heavy (non-hydrogen) atoms. The summed E-state index contributed by atoms with van der Waals surface area (Å²) in [6, 6.07) is 8.98. The van der Waals surface area contributed by atoms with Crippen LogP contribution >= 0.6 is 33.9 Å². The number of aromatic carboxylic acids is 1. The van der Waals surface area contributed by atoms with Gasteiger partial charge in [-0.2, -0.15) is 0 Å². The summed E-state index contributed by atoms with van der Waals surface area (Å²) in [6.07, 6.45) is 1.99. The highest BCUT2D eigenvalue weighted by Gasteiger charge is 2.12. The van der Waals surface area contributed by atoms with Crippen LogP contribution in [0.5, 0.6) is 0 Å². The summed E-state index contributed by atoms with van der Waals surface area (Å²) in [7, 11) is 0. The maximum atomic E-state index is 11.9. The third-order valence-corrected chi connectivity index (χ3v) is 4.50. The minimum Gasteiger partial charge on any atom is -0.478 e. The predicted molar refractivity (Wildman–Crippen MR) is 92.0 cm³/mol. The molecule has 0 radical (unpaired) electrons. The maximum absolute atomic E-state index is 11.9. The third kappa shape index (κ3) is 4.82. The molecule has 0 fully saturated rings. The summed E-state index contributed by atoms with van der Waals surface area (Å²) in [5.41, 5.74) is 0.470. The number of carboxylic acid groups (broad SMARTS) is 1. The average Bonchev–Trinajstić information content (AvgIpc) is 2.94. The van der Waals surface area contributed by atoms with Crippen LogP contribution in [0.1, 0.15) is 28.1 Å². The molecule has 2 N–H and O–H groups in total. The number of halogens is 1. The van der Waals surface area contributed by atoms with Gasteiger partial charge in [0, 0.05) is 14.9 Å². The molecule has 0 spiro atoms. The predicted octanol–water partition coefficient (Wildman–Crippen LogP) is 4.01. The minimum absolute atomic E-state index is 0.119. The van der Waals surface area contributed by atoms with E-state index < -0.39 is 5.97 Å². The molecular formula is C15H14INO3S. The number of hydrogen-bond donors (Lipinski definition) is 2. The van der Waals surface area contributed by atoms with Crippen molar-refractivity contribution in [2.24, 2.45) is 0 Å². The maximum Gasteiger partial charge on any atom is 0.337 e. The fourth-order valence-electron chi connectivity index (χ4n) is 1.89. The van der Waals surface area contributed by atoms with Crippen molar-refractivity contribution < 1.29 is 14.7 Å². The number of nitrogens with one attached hydrogen (secondary N) is 1. The lowest BCUT2D eigenvalue weighted by molar-refractivity contribution is -0.116. The molecule has 1 amide bonds. The molecule has 0 saturated carbocycles. The molecular weight excluding hydrogens is 401 g/mol. The van der Waals surface area contributed by atoms with Crippen LogP contribution in [0.25, 0.3) is 0 Å². The van der Waals surface area contributed by atoms with Crippen molar-refractivity contribution >= 4 is 51.5 Å². The zero-order chi connectivity index (χ0) is 15.2. The van der Waals surface area contributed by atoms with Gasteiger partial charge in [-0.25, -0.2) is 4.79 Å². The van der Waals surface area contributed by atoms with Crippen LogP contribution in [-0.4, -0.2) is 17.0 Å². The van der Waals surface area contributed by atoms with Crippen LogP contribution in [-0.2, 0) is 11.2 Å². The van der Waals surface area contributed by atoms with Gasteiger partial charge in [-0.15, -0.1) is 11.3 Å². The van der Waals surface area contributed by atoms with Crippen LogP contribution < -0.4 is 5.32 Å². The minimum atomic E-state index is -1.04. The second kappa shape index (κ2) is 7.56. The Hall–Kier alpha value is -1.41. The first-order valence-corrected chi connectivity index (χ1v) is 8.37. The van der Waals surface area contributed by atoms with Crippen LogP contribution in [0.3, 0.4) is 0 Å². The van der Waals surface area contributed by atoms with Gasteiger partial charge < -0.3 is 10.4 Å². The zero-order valence-electron chi connectivity index (χ0n) is 11.1. The number of carboxylic acids is 1. The first-order chi connectivity index (χ1) is 10.1. The van der Waals surface area contributed by atoms with E-state index in [0.717, 1.165) is 16.4 Å². The monoisotopic (exact) mass is 415 g/mol. The molecule has 1 aromatic carbocycles. The summed E-state index contributed by atoms with van der Waals surface area (Å²) in [6.45, 7) is 0. The molecule has 1 heterocycles. The molecule has 4 nitrogen and oxygen atoms in total. The highest BCUT2D eigenvalue weighted by Crippen LogP contribution is 2.19. The van der Waals surface area contributed by atoms with Crippen molar-refractivity contribution in [1.82, 2.24) is 0 Å². The summed E-state index contributed by atoms with van der Waals surface area (Å²) in [5, 5.41) is 13.8. The summed E-state index contributed by atoms with van der Waals surface area (Å²) in [5.74, 6) is -1.20. The molecule has 1 aromatic heterocycles. The molecule has 0 saturated heterocycles. The second-order valence-electron chi connectivity index (χ2n) is 4.48. The Morgan fingerprint density at radius 1 is 1.29 bits per heavy atom. The number of benzene rings is 1. The Bertz CT molecular complexity index is 640. The number of rotatable bonds is 6. The number of amides is 1. The molecule has 0 aliphatic heterocycles. The zero-order valence-corrected chi connectivity index (χ0v) is 14.1. The summed E-state index contributed by atoms with van der Waals surface area (Å²) in [4.78, 5) is 24.3. The van der Waals surface area contributed by atoms with E-state index in [1.807, 2.05) is 40.1 Å². The first-order valence-electron chi connectivity index (χ1n) is 6.41. The average molecular weight is 415 g/mol. The lowest BCUT2D eigenvalue weighted by Gasteiger charge is -2.08. The quantitative estimate of drug-likeness (QED) is 0.701. The van der Waals surface area contributed by atoms with Crippen molar-refractivity contribution in [3.05, 3.63) is 49.7 Å². The van der Waals surface area contributed by atoms with Crippen LogP contribution in [0, 0.1) is 3.57 Å². The number of thiophene rings is 1. The summed E-state index contributed by atoms with van der Waals surface area (Å²) < 4.78 is 0.820. The molecule has 110 valence electrons. The second-order valence-corrected chi connectivity index (χ2v) is 6.75. The van der Waals surface area contributed by atoms with Crippen LogP contribution in [0.2, 0.25) is 0 Å². The van der Waals surface area contributed by atoms with Crippen molar-refractivity contribution in [1.29, 1.82) is 0 Å². The SMILES string of the molecule is O=C(CCCc1cccs1)Nc1ccc(I)cc1C(=O)O. The van der Waals surface area contributed by atoms with E-state index in [2.05, 4.69) is 5.32 Å². The molecule has 2 rings (SSSR count). The molecule has 0 atom stereocenters. The highest BCUT2D eigenvalue weighted by molar-refractivity contribution is 14.1. The van der Waals surface area contributed by atoms with E-state index in [0.29, 0.717) is 12.1 Å². The molecule has 0 bridgehead atoms. The number of anilines is 1.